The highest BCUT2D eigenvalue weighted by Crippen LogP contribution is 2.18. The first-order chi connectivity index (χ1) is 17.0. The lowest BCUT2D eigenvalue weighted by Gasteiger charge is -2.07. The van der Waals surface area contributed by atoms with E-state index in [0.29, 0.717) is 45.5 Å². The maximum Gasteiger partial charge on any atom is 0.257 e. The zero-order chi connectivity index (χ0) is 24.6. The molecule has 35 heavy (non-hydrogen) atoms. The molecule has 4 rings (SSSR count). The maximum absolute atomic E-state index is 12.7. The van der Waals surface area contributed by atoms with Gasteiger partial charge in [-0.2, -0.15) is 0 Å². The zero-order valence-electron chi connectivity index (χ0n) is 18.3. The van der Waals surface area contributed by atoms with Gasteiger partial charge in [-0.25, -0.2) is 0 Å². The fraction of sp³-hybridized carbons (Fsp3) is 0.0800. The van der Waals surface area contributed by atoms with Crippen LogP contribution in [0, 0.1) is 0 Å². The summed E-state index contributed by atoms with van der Waals surface area (Å²) < 4.78 is 0.832. The third-order valence-electron chi connectivity index (χ3n) is 4.82. The van der Waals surface area contributed by atoms with Crippen molar-refractivity contribution in [3.05, 3.63) is 105 Å². The van der Waals surface area contributed by atoms with Gasteiger partial charge in [0.25, 0.3) is 17.7 Å². The third-order valence-corrected chi connectivity index (χ3v) is 6.21. The van der Waals surface area contributed by atoms with Gasteiger partial charge in [-0.05, 0) is 48.5 Å². The topological polar surface area (TPSA) is 113 Å². The van der Waals surface area contributed by atoms with Crippen LogP contribution < -0.4 is 16.0 Å². The van der Waals surface area contributed by atoms with Gasteiger partial charge in [0.1, 0.15) is 5.01 Å². The van der Waals surface area contributed by atoms with E-state index in [1.54, 1.807) is 66.7 Å². The lowest BCUT2D eigenvalue weighted by atomic mass is 10.1. The molecular weight excluding hydrogens is 530 g/mol. The van der Waals surface area contributed by atoms with Crippen molar-refractivity contribution >= 4 is 55.8 Å². The molecule has 0 spiro atoms. The number of anilines is 2. The van der Waals surface area contributed by atoms with Crippen LogP contribution >= 0.6 is 27.3 Å². The van der Waals surface area contributed by atoms with Gasteiger partial charge in [0.15, 0.2) is 0 Å². The van der Waals surface area contributed by atoms with E-state index in [2.05, 4.69) is 42.1 Å². The molecule has 0 saturated heterocycles. The average Bonchev–Trinajstić information content (AvgIpc) is 3.31. The Morgan fingerprint density at radius 2 is 1.43 bits per heavy atom. The van der Waals surface area contributed by atoms with Crippen molar-refractivity contribution in [1.29, 1.82) is 0 Å². The van der Waals surface area contributed by atoms with Crippen LogP contribution in [0.25, 0.3) is 0 Å². The second-order valence-corrected chi connectivity index (χ2v) is 9.35. The Morgan fingerprint density at radius 3 is 2.20 bits per heavy atom. The molecule has 8 nitrogen and oxygen atoms in total. The van der Waals surface area contributed by atoms with Crippen molar-refractivity contribution in [2.45, 2.75) is 6.42 Å². The normalized spacial score (nSPS) is 10.4. The number of nitrogens with one attached hydrogen (secondary N) is 3. The van der Waals surface area contributed by atoms with Gasteiger partial charge >= 0.3 is 0 Å². The van der Waals surface area contributed by atoms with Crippen molar-refractivity contribution in [3.8, 4) is 0 Å². The highest BCUT2D eigenvalue weighted by Gasteiger charge is 2.13. The van der Waals surface area contributed by atoms with Gasteiger partial charge in [0.2, 0.25) is 5.13 Å². The molecule has 1 aromatic heterocycles. The number of aromatic nitrogens is 2. The van der Waals surface area contributed by atoms with Crippen LogP contribution in [0.5, 0.6) is 0 Å². The number of hydrogen-bond donors (Lipinski definition) is 3. The van der Waals surface area contributed by atoms with Crippen LogP contribution in [-0.2, 0) is 6.42 Å². The molecule has 0 fully saturated rings. The van der Waals surface area contributed by atoms with Gasteiger partial charge < -0.3 is 10.6 Å². The second-order valence-electron chi connectivity index (χ2n) is 7.37. The molecule has 0 saturated carbocycles. The Balaban J connectivity index is 1.29. The molecule has 0 atom stereocenters. The number of benzene rings is 3. The molecule has 0 bridgehead atoms. The first-order valence-corrected chi connectivity index (χ1v) is 12.2. The van der Waals surface area contributed by atoms with E-state index < -0.39 is 0 Å². The highest BCUT2D eigenvalue weighted by atomic mass is 79.9. The molecule has 10 heteroatoms. The molecular formula is C25H20BrN5O3S. The second kappa shape index (κ2) is 11.5. The molecule has 0 radical (unpaired) electrons. The van der Waals surface area contributed by atoms with Crippen LogP contribution in [0.4, 0.5) is 10.8 Å². The van der Waals surface area contributed by atoms with E-state index in [1.165, 1.54) is 11.3 Å². The molecule has 0 aliphatic heterocycles. The molecule has 176 valence electrons. The Morgan fingerprint density at radius 1 is 0.743 bits per heavy atom. The average molecular weight is 550 g/mol. The van der Waals surface area contributed by atoms with Gasteiger partial charge in [0, 0.05) is 39.8 Å². The van der Waals surface area contributed by atoms with E-state index in [1.807, 2.05) is 12.1 Å². The lowest BCUT2D eigenvalue weighted by Crippen LogP contribution is -2.25. The fourth-order valence-electron chi connectivity index (χ4n) is 3.12. The van der Waals surface area contributed by atoms with E-state index >= 15 is 0 Å². The summed E-state index contributed by atoms with van der Waals surface area (Å²) in [7, 11) is 0. The Bertz CT molecular complexity index is 1360. The van der Waals surface area contributed by atoms with Gasteiger partial charge in [-0.1, -0.05) is 57.6 Å². The zero-order valence-corrected chi connectivity index (χ0v) is 20.7. The van der Waals surface area contributed by atoms with Crippen LogP contribution in [0.15, 0.2) is 83.3 Å². The molecule has 0 unspecified atom stereocenters. The minimum atomic E-state index is -0.369. The summed E-state index contributed by atoms with van der Waals surface area (Å²) in [6.07, 6.45) is 0.480. The highest BCUT2D eigenvalue weighted by molar-refractivity contribution is 9.10. The number of amides is 3. The summed E-state index contributed by atoms with van der Waals surface area (Å²) in [5, 5.41) is 17.5. The molecule has 1 heterocycles. The summed E-state index contributed by atoms with van der Waals surface area (Å²) in [5.74, 6) is -0.807. The number of carbonyl (C=O) groups is 3. The summed E-state index contributed by atoms with van der Waals surface area (Å²) in [5.41, 5.74) is 1.96. The van der Waals surface area contributed by atoms with Crippen molar-refractivity contribution in [3.63, 3.8) is 0 Å². The van der Waals surface area contributed by atoms with Gasteiger partial charge in [-0.3, -0.25) is 19.7 Å². The molecule has 0 aliphatic rings. The molecule has 3 amide bonds. The van der Waals surface area contributed by atoms with Crippen LogP contribution in [-0.4, -0.2) is 34.5 Å². The smallest absolute Gasteiger partial charge is 0.257 e. The van der Waals surface area contributed by atoms with E-state index in [9.17, 15) is 14.4 Å². The number of halogens is 1. The number of hydrogen-bond acceptors (Lipinski definition) is 6. The van der Waals surface area contributed by atoms with Crippen LogP contribution in [0.2, 0.25) is 0 Å². The quantitative estimate of drug-likeness (QED) is 0.292. The number of rotatable bonds is 8. The molecule has 0 aliphatic carbocycles. The lowest BCUT2D eigenvalue weighted by molar-refractivity contribution is 0.0952. The first-order valence-electron chi connectivity index (χ1n) is 10.6. The summed E-state index contributed by atoms with van der Waals surface area (Å²) in [4.78, 5) is 37.3. The van der Waals surface area contributed by atoms with Crippen molar-refractivity contribution in [2.24, 2.45) is 0 Å². The predicted octanol–water partition coefficient (Wildman–Crippen LogP) is 4.78. The number of carbonyl (C=O) groups excluding carboxylic acids is 3. The standard InChI is InChI=1S/C25H20BrN5O3S/c26-19-10-4-8-17(14-19)22(32)27-13-12-21-30-31-25(35-21)29-24(34)18-9-5-11-20(15-18)28-23(33)16-6-2-1-3-7-16/h1-11,14-15H,12-13H2,(H,27,32)(H,28,33)(H,29,31,34). The molecule has 4 aromatic rings. The van der Waals surface area contributed by atoms with Crippen molar-refractivity contribution in [2.75, 3.05) is 17.2 Å². The van der Waals surface area contributed by atoms with E-state index in [4.69, 9.17) is 0 Å². The van der Waals surface area contributed by atoms with Crippen LogP contribution in [0.1, 0.15) is 36.1 Å². The largest absolute Gasteiger partial charge is 0.352 e. The summed E-state index contributed by atoms with van der Waals surface area (Å²) in [6, 6.07) is 22.6. The SMILES string of the molecule is O=C(NCCc1nnc(NC(=O)c2cccc(NC(=O)c3ccccc3)c2)s1)c1cccc(Br)c1. The Kier molecular flexibility index (Phi) is 7.96. The monoisotopic (exact) mass is 549 g/mol. The summed E-state index contributed by atoms with van der Waals surface area (Å²) >= 11 is 4.58. The predicted molar refractivity (Wildman–Crippen MR) is 139 cm³/mol. The Hall–Kier alpha value is -3.89. The van der Waals surface area contributed by atoms with Crippen molar-refractivity contribution < 1.29 is 14.4 Å². The first kappa shape index (κ1) is 24.2. The number of nitrogens with zero attached hydrogens (tertiary/aromatic N) is 2. The molecule has 3 N–H and O–H groups in total. The minimum absolute atomic E-state index is 0.177. The Labute approximate surface area is 213 Å². The summed E-state index contributed by atoms with van der Waals surface area (Å²) in [6.45, 7) is 0.386. The fourth-order valence-corrected chi connectivity index (χ4v) is 4.25. The third kappa shape index (κ3) is 6.81. The van der Waals surface area contributed by atoms with Crippen LogP contribution in [0.3, 0.4) is 0 Å². The van der Waals surface area contributed by atoms with E-state index in [0.717, 1.165) is 4.47 Å². The van der Waals surface area contributed by atoms with E-state index in [-0.39, 0.29) is 17.7 Å². The minimum Gasteiger partial charge on any atom is -0.352 e. The molecule has 3 aromatic carbocycles. The van der Waals surface area contributed by atoms with Crippen molar-refractivity contribution in [1.82, 2.24) is 15.5 Å². The van der Waals surface area contributed by atoms with Gasteiger partial charge in [0.05, 0.1) is 0 Å². The van der Waals surface area contributed by atoms with Gasteiger partial charge in [-0.15, -0.1) is 10.2 Å². The maximum atomic E-state index is 12.7.